The van der Waals surface area contributed by atoms with Crippen LogP contribution >= 0.6 is 0 Å². The van der Waals surface area contributed by atoms with Gasteiger partial charge in [0.05, 0.1) is 12.1 Å². The Kier molecular flexibility index (Phi) is 3.27. The number of nitrogens with two attached hydrogens (primary N) is 1. The van der Waals surface area contributed by atoms with Crippen LogP contribution < -0.4 is 5.73 Å². The van der Waals surface area contributed by atoms with E-state index in [0.29, 0.717) is 13.2 Å². The summed E-state index contributed by atoms with van der Waals surface area (Å²) in [6.45, 7) is 1.19. The molecule has 1 rings (SSSR count). The van der Waals surface area contributed by atoms with Crippen LogP contribution in [0.25, 0.3) is 0 Å². The molecule has 0 spiro atoms. The van der Waals surface area contributed by atoms with E-state index in [1.54, 1.807) is 19.1 Å². The summed E-state index contributed by atoms with van der Waals surface area (Å²) in [6.07, 6.45) is 2.71. The fourth-order valence-electron chi connectivity index (χ4n) is 1.48. The second-order valence-electron chi connectivity index (χ2n) is 3.73. The molecular formula is C9H18N2O2. The average molecular weight is 186 g/mol. The maximum Gasteiger partial charge on any atom is 0.242 e. The summed E-state index contributed by atoms with van der Waals surface area (Å²) in [5.74, 6) is 0.0517. The van der Waals surface area contributed by atoms with Gasteiger partial charge in [-0.2, -0.15) is 0 Å². The fourth-order valence-corrected chi connectivity index (χ4v) is 1.48. The van der Waals surface area contributed by atoms with Gasteiger partial charge in [-0.15, -0.1) is 0 Å². The van der Waals surface area contributed by atoms with Crippen LogP contribution in [0, 0.1) is 0 Å². The van der Waals surface area contributed by atoms with Crippen molar-refractivity contribution < 1.29 is 9.53 Å². The third kappa shape index (κ3) is 2.19. The number of rotatable bonds is 4. The highest BCUT2D eigenvalue weighted by Crippen LogP contribution is 2.30. The Hall–Kier alpha value is -0.610. The molecule has 4 heteroatoms. The van der Waals surface area contributed by atoms with Crippen LogP contribution in [0.5, 0.6) is 0 Å². The highest BCUT2D eigenvalue weighted by atomic mass is 16.5. The second kappa shape index (κ2) is 4.07. The first-order chi connectivity index (χ1) is 6.10. The topological polar surface area (TPSA) is 55.6 Å². The van der Waals surface area contributed by atoms with Crippen LogP contribution in [0.2, 0.25) is 0 Å². The van der Waals surface area contributed by atoms with Gasteiger partial charge in [-0.1, -0.05) is 0 Å². The number of ether oxygens (including phenoxy) is 1. The molecule has 1 amide bonds. The molecule has 0 aromatic heterocycles. The molecule has 0 radical (unpaired) electrons. The first kappa shape index (κ1) is 10.5. The average Bonchev–Trinajstić information content (AvgIpc) is 2.09. The standard InChI is InChI=1S/C9H18N2O2/c1-11(6-7-13-2)8(12)9(10)4-3-5-9/h3-7,10H2,1-2H3. The van der Waals surface area contributed by atoms with Gasteiger partial charge in [0, 0.05) is 20.7 Å². The zero-order chi connectivity index (χ0) is 9.90. The van der Waals surface area contributed by atoms with Crippen LogP contribution in [-0.4, -0.2) is 43.7 Å². The van der Waals surface area contributed by atoms with Gasteiger partial charge < -0.3 is 15.4 Å². The molecule has 0 unspecified atom stereocenters. The highest BCUT2D eigenvalue weighted by Gasteiger charge is 2.41. The van der Waals surface area contributed by atoms with Crippen molar-refractivity contribution in [3.63, 3.8) is 0 Å². The normalized spacial score (nSPS) is 19.3. The van der Waals surface area contributed by atoms with Crippen molar-refractivity contribution in [3.05, 3.63) is 0 Å². The lowest BCUT2D eigenvalue weighted by molar-refractivity contribution is -0.139. The number of methoxy groups -OCH3 is 1. The molecule has 0 aromatic carbocycles. The molecule has 2 N–H and O–H groups in total. The summed E-state index contributed by atoms with van der Waals surface area (Å²) < 4.78 is 4.89. The van der Waals surface area contributed by atoms with E-state index in [4.69, 9.17) is 10.5 Å². The zero-order valence-electron chi connectivity index (χ0n) is 8.38. The molecule has 0 atom stereocenters. The smallest absolute Gasteiger partial charge is 0.242 e. The van der Waals surface area contributed by atoms with Gasteiger partial charge in [-0.3, -0.25) is 4.79 Å². The van der Waals surface area contributed by atoms with Crippen LogP contribution in [0.4, 0.5) is 0 Å². The van der Waals surface area contributed by atoms with E-state index in [9.17, 15) is 4.79 Å². The van der Waals surface area contributed by atoms with Gasteiger partial charge in [0.2, 0.25) is 5.91 Å². The minimum absolute atomic E-state index is 0.0517. The number of nitrogens with zero attached hydrogens (tertiary/aromatic N) is 1. The third-order valence-corrected chi connectivity index (χ3v) is 2.65. The molecule has 0 aromatic rings. The monoisotopic (exact) mass is 186 g/mol. The molecule has 76 valence electrons. The Labute approximate surface area is 79.0 Å². The number of likely N-dealkylation sites (N-methyl/N-ethyl adjacent to an activating group) is 1. The summed E-state index contributed by atoms with van der Waals surface area (Å²) in [6, 6.07) is 0. The van der Waals surface area contributed by atoms with Crippen LogP contribution in [0.15, 0.2) is 0 Å². The van der Waals surface area contributed by atoms with Gasteiger partial charge in [0.25, 0.3) is 0 Å². The van der Waals surface area contributed by atoms with Crippen LogP contribution in [0.3, 0.4) is 0 Å². The number of carbonyl (C=O) groups excluding carboxylic acids is 1. The Balaban J connectivity index is 2.37. The van der Waals surface area contributed by atoms with Crippen molar-refractivity contribution >= 4 is 5.91 Å². The maximum absolute atomic E-state index is 11.7. The minimum Gasteiger partial charge on any atom is -0.383 e. The molecule has 0 saturated heterocycles. The van der Waals surface area contributed by atoms with Gasteiger partial charge in [0.15, 0.2) is 0 Å². The van der Waals surface area contributed by atoms with Gasteiger partial charge in [0.1, 0.15) is 0 Å². The van der Waals surface area contributed by atoms with Crippen LogP contribution in [0.1, 0.15) is 19.3 Å². The molecule has 4 nitrogen and oxygen atoms in total. The van der Waals surface area contributed by atoms with E-state index in [-0.39, 0.29) is 5.91 Å². The number of hydrogen-bond donors (Lipinski definition) is 1. The van der Waals surface area contributed by atoms with E-state index >= 15 is 0 Å². The van der Waals surface area contributed by atoms with E-state index in [2.05, 4.69) is 0 Å². The molecule has 13 heavy (non-hydrogen) atoms. The fraction of sp³-hybridized carbons (Fsp3) is 0.889. The van der Waals surface area contributed by atoms with Gasteiger partial charge in [-0.25, -0.2) is 0 Å². The lowest BCUT2D eigenvalue weighted by Crippen LogP contribution is -2.59. The van der Waals surface area contributed by atoms with Crippen LogP contribution in [-0.2, 0) is 9.53 Å². The second-order valence-corrected chi connectivity index (χ2v) is 3.73. The zero-order valence-corrected chi connectivity index (χ0v) is 8.38. The van der Waals surface area contributed by atoms with Crippen molar-refractivity contribution in [1.29, 1.82) is 0 Å². The molecule has 0 bridgehead atoms. The van der Waals surface area contributed by atoms with Crippen molar-refractivity contribution in [2.45, 2.75) is 24.8 Å². The first-order valence-electron chi connectivity index (χ1n) is 4.63. The number of carbonyl (C=O) groups is 1. The van der Waals surface area contributed by atoms with Crippen molar-refractivity contribution in [1.82, 2.24) is 4.90 Å². The lowest BCUT2D eigenvalue weighted by Gasteiger charge is -2.39. The molecule has 1 aliphatic carbocycles. The van der Waals surface area contributed by atoms with E-state index in [0.717, 1.165) is 19.3 Å². The van der Waals surface area contributed by atoms with Crippen molar-refractivity contribution in [2.24, 2.45) is 5.73 Å². The summed E-state index contributed by atoms with van der Waals surface area (Å²) >= 11 is 0. The highest BCUT2D eigenvalue weighted by molar-refractivity contribution is 5.86. The number of hydrogen-bond acceptors (Lipinski definition) is 3. The Bertz CT molecular complexity index is 190. The Morgan fingerprint density at radius 2 is 2.23 bits per heavy atom. The molecular weight excluding hydrogens is 168 g/mol. The Morgan fingerprint density at radius 3 is 2.62 bits per heavy atom. The predicted octanol–water partition coefficient (Wildman–Crippen LogP) is -0.0274. The quantitative estimate of drug-likeness (QED) is 0.671. The summed E-state index contributed by atoms with van der Waals surface area (Å²) in [5.41, 5.74) is 5.32. The van der Waals surface area contributed by atoms with E-state index < -0.39 is 5.54 Å². The molecule has 0 heterocycles. The molecule has 1 fully saturated rings. The number of amides is 1. The predicted molar refractivity (Wildman–Crippen MR) is 50.3 cm³/mol. The van der Waals surface area contributed by atoms with E-state index in [1.165, 1.54) is 0 Å². The van der Waals surface area contributed by atoms with Crippen molar-refractivity contribution in [2.75, 3.05) is 27.3 Å². The molecule has 0 aliphatic heterocycles. The largest absolute Gasteiger partial charge is 0.383 e. The van der Waals surface area contributed by atoms with Gasteiger partial charge >= 0.3 is 0 Å². The first-order valence-corrected chi connectivity index (χ1v) is 4.63. The summed E-state index contributed by atoms with van der Waals surface area (Å²) in [7, 11) is 3.40. The summed E-state index contributed by atoms with van der Waals surface area (Å²) in [4.78, 5) is 13.4. The SMILES string of the molecule is COCCN(C)C(=O)C1(N)CCC1. The maximum atomic E-state index is 11.7. The van der Waals surface area contributed by atoms with Gasteiger partial charge in [-0.05, 0) is 19.3 Å². The molecule has 1 aliphatic rings. The summed E-state index contributed by atoms with van der Waals surface area (Å²) in [5, 5.41) is 0. The third-order valence-electron chi connectivity index (χ3n) is 2.65. The van der Waals surface area contributed by atoms with E-state index in [1.807, 2.05) is 0 Å². The Morgan fingerprint density at radius 1 is 1.62 bits per heavy atom. The lowest BCUT2D eigenvalue weighted by atomic mass is 9.77. The molecule has 1 saturated carbocycles. The van der Waals surface area contributed by atoms with Crippen molar-refractivity contribution in [3.8, 4) is 0 Å². The minimum atomic E-state index is -0.567.